The molecule has 1 N–H and O–H groups in total. The molecule has 0 aromatic carbocycles. The van der Waals surface area contributed by atoms with Gasteiger partial charge in [0.25, 0.3) is 4.84 Å². The van der Waals surface area contributed by atoms with Crippen LogP contribution in [0.2, 0.25) is 0 Å². The zero-order chi connectivity index (χ0) is 7.84. The third-order valence-electron chi connectivity index (χ3n) is 2.22. The third kappa shape index (κ3) is 1.22. The minimum Gasteiger partial charge on any atom is -0.414 e. The van der Waals surface area contributed by atoms with Gasteiger partial charge in [-0.3, -0.25) is 0 Å². The molecule has 2 atom stereocenters. The molecular formula is C7H10N2OS. The van der Waals surface area contributed by atoms with Gasteiger partial charge < -0.3 is 4.42 Å². The molecule has 0 unspecified atom stereocenters. The highest BCUT2D eigenvalue weighted by molar-refractivity contribution is 7.71. The van der Waals surface area contributed by atoms with Crippen molar-refractivity contribution >= 4 is 12.2 Å². The average molecular weight is 170 g/mol. The van der Waals surface area contributed by atoms with Crippen LogP contribution in [0.3, 0.4) is 0 Å². The zero-order valence-corrected chi connectivity index (χ0v) is 7.15. The lowest BCUT2D eigenvalue weighted by molar-refractivity contribution is 0.473. The van der Waals surface area contributed by atoms with Crippen LogP contribution in [-0.2, 0) is 0 Å². The van der Waals surface area contributed by atoms with Crippen molar-refractivity contribution in [3.05, 3.63) is 10.7 Å². The van der Waals surface area contributed by atoms with Crippen molar-refractivity contribution in [2.24, 2.45) is 5.92 Å². The molecular weight excluding hydrogens is 160 g/mol. The minimum absolute atomic E-state index is 0.391. The predicted molar refractivity (Wildman–Crippen MR) is 42.8 cm³/mol. The molecule has 0 bridgehead atoms. The Morgan fingerprint density at radius 3 is 3.09 bits per heavy atom. The maximum Gasteiger partial charge on any atom is 0.284 e. The van der Waals surface area contributed by atoms with Gasteiger partial charge in [-0.25, -0.2) is 5.10 Å². The largest absolute Gasteiger partial charge is 0.414 e. The SMILES string of the molecule is CC[C@@H]1C[C@H]1c1n[nH]c(=S)o1. The van der Waals surface area contributed by atoms with E-state index in [0.29, 0.717) is 10.8 Å². The van der Waals surface area contributed by atoms with E-state index in [2.05, 4.69) is 17.1 Å². The molecule has 0 aliphatic heterocycles. The first-order chi connectivity index (χ1) is 5.31. The van der Waals surface area contributed by atoms with Gasteiger partial charge in [0.1, 0.15) is 0 Å². The van der Waals surface area contributed by atoms with E-state index in [-0.39, 0.29) is 0 Å². The van der Waals surface area contributed by atoms with E-state index in [1.165, 1.54) is 12.8 Å². The summed E-state index contributed by atoms with van der Waals surface area (Å²) in [7, 11) is 0. The van der Waals surface area contributed by atoms with Crippen LogP contribution >= 0.6 is 12.2 Å². The van der Waals surface area contributed by atoms with Crippen molar-refractivity contribution in [1.29, 1.82) is 0 Å². The normalized spacial score (nSPS) is 28.8. The maximum atomic E-state index is 5.19. The van der Waals surface area contributed by atoms with Crippen LogP contribution in [0.5, 0.6) is 0 Å². The number of hydrogen-bond acceptors (Lipinski definition) is 3. The van der Waals surface area contributed by atoms with Crippen molar-refractivity contribution in [3.63, 3.8) is 0 Å². The van der Waals surface area contributed by atoms with Crippen LogP contribution in [0.4, 0.5) is 0 Å². The van der Waals surface area contributed by atoms with Gasteiger partial charge >= 0.3 is 0 Å². The van der Waals surface area contributed by atoms with E-state index in [9.17, 15) is 0 Å². The Kier molecular flexibility index (Phi) is 1.56. The van der Waals surface area contributed by atoms with Crippen molar-refractivity contribution < 1.29 is 4.42 Å². The number of nitrogens with one attached hydrogen (secondary N) is 1. The van der Waals surface area contributed by atoms with E-state index in [1.807, 2.05) is 0 Å². The maximum absolute atomic E-state index is 5.19. The van der Waals surface area contributed by atoms with Gasteiger partial charge in [0, 0.05) is 5.92 Å². The summed E-state index contributed by atoms with van der Waals surface area (Å²) in [6, 6.07) is 0. The second-order valence-corrected chi connectivity index (χ2v) is 3.33. The van der Waals surface area contributed by atoms with Gasteiger partial charge in [0.15, 0.2) is 0 Å². The number of rotatable bonds is 2. The summed E-state index contributed by atoms with van der Waals surface area (Å²) >= 11 is 4.77. The molecule has 11 heavy (non-hydrogen) atoms. The second kappa shape index (κ2) is 2.44. The molecule has 1 saturated carbocycles. The Hall–Kier alpha value is -0.640. The number of aromatic amines is 1. The molecule has 0 amide bonds. The van der Waals surface area contributed by atoms with Crippen molar-refractivity contribution in [2.75, 3.05) is 0 Å². The molecule has 60 valence electrons. The van der Waals surface area contributed by atoms with Crippen LogP contribution in [0.15, 0.2) is 4.42 Å². The molecule has 0 spiro atoms. The molecule has 4 heteroatoms. The smallest absolute Gasteiger partial charge is 0.284 e. The molecule has 0 saturated heterocycles. The predicted octanol–water partition coefficient (Wildman–Crippen LogP) is 2.25. The Morgan fingerprint density at radius 2 is 2.64 bits per heavy atom. The average Bonchev–Trinajstić information content (AvgIpc) is 2.68. The molecule has 1 aromatic heterocycles. The zero-order valence-electron chi connectivity index (χ0n) is 6.33. The third-order valence-corrected chi connectivity index (χ3v) is 2.39. The van der Waals surface area contributed by atoms with Crippen LogP contribution < -0.4 is 0 Å². The second-order valence-electron chi connectivity index (χ2n) is 2.96. The van der Waals surface area contributed by atoms with E-state index < -0.39 is 0 Å². The van der Waals surface area contributed by atoms with E-state index in [4.69, 9.17) is 16.6 Å². The highest BCUT2D eigenvalue weighted by Gasteiger charge is 2.40. The van der Waals surface area contributed by atoms with Gasteiger partial charge in [-0.2, -0.15) is 0 Å². The first-order valence-corrected chi connectivity index (χ1v) is 4.27. The highest BCUT2D eigenvalue weighted by atomic mass is 32.1. The summed E-state index contributed by atoms with van der Waals surface area (Å²) in [5.74, 6) is 2.10. The van der Waals surface area contributed by atoms with Crippen LogP contribution in [-0.4, -0.2) is 10.2 Å². The molecule has 3 nitrogen and oxygen atoms in total. The van der Waals surface area contributed by atoms with E-state index in [1.54, 1.807) is 0 Å². The molecule has 1 aromatic rings. The van der Waals surface area contributed by atoms with Crippen molar-refractivity contribution in [1.82, 2.24) is 10.2 Å². The van der Waals surface area contributed by atoms with E-state index >= 15 is 0 Å². The molecule has 2 rings (SSSR count). The first kappa shape index (κ1) is 7.03. The number of hydrogen-bond donors (Lipinski definition) is 1. The first-order valence-electron chi connectivity index (χ1n) is 3.86. The Balaban J connectivity index is 2.14. The molecule has 1 fully saturated rings. The van der Waals surface area contributed by atoms with Crippen LogP contribution in [0.25, 0.3) is 0 Å². The summed E-state index contributed by atoms with van der Waals surface area (Å²) in [5, 5.41) is 6.61. The molecule has 1 aliphatic carbocycles. The molecule has 1 heterocycles. The number of nitrogens with zero attached hydrogens (tertiary/aromatic N) is 1. The van der Waals surface area contributed by atoms with Crippen molar-refractivity contribution in [2.45, 2.75) is 25.7 Å². The lowest BCUT2D eigenvalue weighted by atomic mass is 10.2. The van der Waals surface area contributed by atoms with Crippen LogP contribution in [0.1, 0.15) is 31.6 Å². The highest BCUT2D eigenvalue weighted by Crippen LogP contribution is 2.48. The van der Waals surface area contributed by atoms with Crippen molar-refractivity contribution in [3.8, 4) is 0 Å². The topological polar surface area (TPSA) is 41.8 Å². The lowest BCUT2D eigenvalue weighted by Gasteiger charge is -1.86. The summed E-state index contributed by atoms with van der Waals surface area (Å²) in [5.41, 5.74) is 0. The van der Waals surface area contributed by atoms with Gasteiger partial charge in [0.05, 0.1) is 0 Å². The van der Waals surface area contributed by atoms with Gasteiger partial charge in [0.2, 0.25) is 5.89 Å². The number of aromatic nitrogens is 2. The fourth-order valence-electron chi connectivity index (χ4n) is 1.40. The summed E-state index contributed by atoms with van der Waals surface area (Å²) in [6.45, 7) is 2.19. The summed E-state index contributed by atoms with van der Waals surface area (Å²) in [6.07, 6.45) is 2.42. The minimum atomic E-state index is 0.391. The van der Waals surface area contributed by atoms with Gasteiger partial charge in [-0.15, -0.1) is 5.10 Å². The summed E-state index contributed by atoms with van der Waals surface area (Å²) < 4.78 is 5.19. The Bertz CT molecular complexity index is 303. The van der Waals surface area contributed by atoms with E-state index in [0.717, 1.165) is 11.8 Å². The van der Waals surface area contributed by atoms with Gasteiger partial charge in [-0.1, -0.05) is 13.3 Å². The summed E-state index contributed by atoms with van der Waals surface area (Å²) in [4.78, 5) is 0.391. The molecule has 1 aliphatic rings. The van der Waals surface area contributed by atoms with Crippen LogP contribution in [0, 0.1) is 10.8 Å². The Morgan fingerprint density at radius 1 is 1.82 bits per heavy atom. The standard InChI is InChI=1S/C7H10N2OS/c1-2-4-3-5(4)6-8-9-7(11)10-6/h4-5H,2-3H2,1H3,(H,9,11)/t4-,5-/m1/s1. The quantitative estimate of drug-likeness (QED) is 0.692. The number of H-pyrrole nitrogens is 1. The fraction of sp³-hybridized carbons (Fsp3) is 0.714. The monoisotopic (exact) mass is 170 g/mol. The fourth-order valence-corrected chi connectivity index (χ4v) is 1.53. The molecule has 0 radical (unpaired) electrons. The van der Waals surface area contributed by atoms with Gasteiger partial charge in [-0.05, 0) is 24.6 Å². The Labute approximate surface area is 69.8 Å². The lowest BCUT2D eigenvalue weighted by Crippen LogP contribution is -1.81.